The van der Waals surface area contributed by atoms with Gasteiger partial charge in [0.05, 0.1) is 37.1 Å². The fraction of sp³-hybridized carbons (Fsp3) is 0.273. The molecule has 4 rings (SSSR count). The number of aromatic nitrogens is 2. The van der Waals surface area contributed by atoms with Gasteiger partial charge in [0.2, 0.25) is 5.91 Å². The quantitative estimate of drug-likeness (QED) is 0.180. The molecule has 1 heterocycles. The zero-order valence-corrected chi connectivity index (χ0v) is 25.7. The van der Waals surface area contributed by atoms with E-state index in [4.69, 9.17) is 22.2 Å². The van der Waals surface area contributed by atoms with Crippen LogP contribution in [0.25, 0.3) is 0 Å². The molecule has 0 bridgehead atoms. The van der Waals surface area contributed by atoms with Crippen LogP contribution in [0.4, 0.5) is 18.9 Å². The normalized spacial score (nSPS) is 11.7. The Morgan fingerprint density at radius 1 is 1.11 bits per heavy atom. The third-order valence-electron chi connectivity index (χ3n) is 7.19. The molecule has 8 nitrogen and oxygen atoms in total. The van der Waals surface area contributed by atoms with E-state index in [1.165, 1.54) is 12.1 Å². The summed E-state index contributed by atoms with van der Waals surface area (Å²) in [4.78, 5) is 19.0. The van der Waals surface area contributed by atoms with Crippen molar-refractivity contribution in [3.05, 3.63) is 113 Å². The van der Waals surface area contributed by atoms with Crippen molar-refractivity contribution in [2.24, 2.45) is 0 Å². The number of benzene rings is 3. The molecule has 0 saturated heterocycles. The van der Waals surface area contributed by atoms with Crippen molar-refractivity contribution < 1.29 is 22.7 Å². The number of thiocarbonyl (C=S) groups is 1. The highest BCUT2D eigenvalue weighted by Crippen LogP contribution is 2.32. The number of hydrogen-bond donors (Lipinski definition) is 2. The van der Waals surface area contributed by atoms with E-state index in [2.05, 4.69) is 21.7 Å². The molecule has 0 unspecified atom stereocenters. The lowest BCUT2D eigenvalue weighted by atomic mass is 10.1. The summed E-state index contributed by atoms with van der Waals surface area (Å²) in [7, 11) is 1.55. The number of nitriles is 1. The number of carbonyl (C=O) groups is 1. The topological polar surface area (TPSA) is 95.2 Å². The van der Waals surface area contributed by atoms with Crippen molar-refractivity contribution in [1.29, 1.82) is 5.26 Å². The Balaban J connectivity index is 1.48. The highest BCUT2D eigenvalue weighted by molar-refractivity contribution is 7.80. The molecule has 0 aliphatic rings. The SMILES string of the molecule is CC[C@@H](CN(Cc1ccccc1C(F)(F)F)C(=S)Nc1ccc(OC)cc1)NC(=O)Cc1cncn1Cc1ccc(C#N)cc1. The lowest BCUT2D eigenvalue weighted by molar-refractivity contribution is -0.138. The second-order valence-corrected chi connectivity index (χ2v) is 10.8. The van der Waals surface area contributed by atoms with Gasteiger partial charge < -0.3 is 24.8 Å². The van der Waals surface area contributed by atoms with Crippen molar-refractivity contribution >= 4 is 28.9 Å². The minimum atomic E-state index is -4.54. The van der Waals surface area contributed by atoms with Crippen molar-refractivity contribution in [3.63, 3.8) is 0 Å². The molecule has 0 radical (unpaired) electrons. The van der Waals surface area contributed by atoms with Crippen LogP contribution in [0.3, 0.4) is 0 Å². The molecule has 3 aromatic carbocycles. The molecule has 12 heteroatoms. The molecule has 1 aromatic heterocycles. The Kier molecular flexibility index (Phi) is 11.2. The number of imidazole rings is 1. The number of alkyl halides is 3. The number of halogens is 3. The number of carbonyl (C=O) groups excluding carboxylic acids is 1. The molecule has 0 spiro atoms. The van der Waals surface area contributed by atoms with Crippen molar-refractivity contribution in [2.75, 3.05) is 19.0 Å². The van der Waals surface area contributed by atoms with Crippen LogP contribution in [0.15, 0.2) is 85.3 Å². The fourth-order valence-electron chi connectivity index (χ4n) is 4.74. The zero-order valence-electron chi connectivity index (χ0n) is 24.8. The van der Waals surface area contributed by atoms with E-state index >= 15 is 0 Å². The molecule has 45 heavy (non-hydrogen) atoms. The third kappa shape index (κ3) is 9.30. The van der Waals surface area contributed by atoms with E-state index in [0.29, 0.717) is 35.7 Å². The third-order valence-corrected chi connectivity index (χ3v) is 7.55. The summed E-state index contributed by atoms with van der Waals surface area (Å²) in [5.74, 6) is 0.391. The van der Waals surface area contributed by atoms with Crippen molar-refractivity contribution in [1.82, 2.24) is 19.8 Å². The highest BCUT2D eigenvalue weighted by Gasteiger charge is 2.33. The number of methoxy groups -OCH3 is 1. The highest BCUT2D eigenvalue weighted by atomic mass is 32.1. The summed E-state index contributed by atoms with van der Waals surface area (Å²) in [6.07, 6.45) is -0.705. The first-order valence-electron chi connectivity index (χ1n) is 14.2. The lowest BCUT2D eigenvalue weighted by Crippen LogP contribution is -2.47. The van der Waals surface area contributed by atoms with Crippen LogP contribution < -0.4 is 15.4 Å². The number of nitrogens with zero attached hydrogens (tertiary/aromatic N) is 4. The van der Waals surface area contributed by atoms with Crippen molar-refractivity contribution in [2.45, 2.75) is 45.1 Å². The second-order valence-electron chi connectivity index (χ2n) is 10.4. The fourth-order valence-corrected chi connectivity index (χ4v) is 5.00. The number of rotatable bonds is 12. The van der Waals surface area contributed by atoms with Gasteiger partial charge in [-0.3, -0.25) is 4.79 Å². The maximum absolute atomic E-state index is 13.8. The number of anilines is 1. The van der Waals surface area contributed by atoms with Gasteiger partial charge in [0.25, 0.3) is 0 Å². The Morgan fingerprint density at radius 3 is 2.47 bits per heavy atom. The van der Waals surface area contributed by atoms with Gasteiger partial charge in [0.15, 0.2) is 5.11 Å². The molecular weight excluding hydrogens is 601 g/mol. The van der Waals surface area contributed by atoms with Crippen LogP contribution in [0.5, 0.6) is 5.75 Å². The molecule has 0 saturated carbocycles. The Morgan fingerprint density at radius 2 is 1.82 bits per heavy atom. The molecular formula is C33H33F3N6O2S. The van der Waals surface area contributed by atoms with Crippen LogP contribution in [0.1, 0.15) is 41.3 Å². The summed E-state index contributed by atoms with van der Waals surface area (Å²) in [5.41, 5.74) is 2.17. The van der Waals surface area contributed by atoms with Crippen molar-refractivity contribution in [3.8, 4) is 11.8 Å². The Hall–Kier alpha value is -4.89. The smallest absolute Gasteiger partial charge is 0.416 e. The van der Waals surface area contributed by atoms with Gasteiger partial charge in [0, 0.05) is 43.3 Å². The van der Waals surface area contributed by atoms with E-state index in [1.54, 1.807) is 67.0 Å². The summed E-state index contributed by atoms with van der Waals surface area (Å²) in [6.45, 7) is 2.41. The lowest BCUT2D eigenvalue weighted by Gasteiger charge is -2.31. The minimum Gasteiger partial charge on any atom is -0.497 e. The minimum absolute atomic E-state index is 0.0538. The number of hydrogen-bond acceptors (Lipinski definition) is 5. The molecule has 234 valence electrons. The van der Waals surface area contributed by atoms with Crippen LogP contribution >= 0.6 is 12.2 Å². The van der Waals surface area contributed by atoms with Gasteiger partial charge in [-0.1, -0.05) is 37.3 Å². The van der Waals surface area contributed by atoms with E-state index in [-0.39, 0.29) is 36.1 Å². The summed E-state index contributed by atoms with van der Waals surface area (Å²) < 4.78 is 48.6. The summed E-state index contributed by atoms with van der Waals surface area (Å²) in [5, 5.41) is 15.4. The average molecular weight is 635 g/mol. The first-order valence-corrected chi connectivity index (χ1v) is 14.6. The molecule has 2 N–H and O–H groups in total. The van der Waals surface area contributed by atoms with Crippen LogP contribution in [-0.4, -0.2) is 45.2 Å². The van der Waals surface area contributed by atoms with Gasteiger partial charge in [-0.15, -0.1) is 0 Å². The predicted molar refractivity (Wildman–Crippen MR) is 169 cm³/mol. The Bertz CT molecular complexity index is 1630. The molecule has 1 amide bonds. The molecule has 1 atom stereocenters. The summed E-state index contributed by atoms with van der Waals surface area (Å²) in [6, 6.07) is 21.2. The number of nitrogens with one attached hydrogen (secondary N) is 2. The van der Waals surface area contributed by atoms with Gasteiger partial charge in [-0.2, -0.15) is 18.4 Å². The average Bonchev–Trinajstić information content (AvgIpc) is 3.46. The molecule has 0 aliphatic heterocycles. The maximum atomic E-state index is 13.8. The van der Waals surface area contributed by atoms with Gasteiger partial charge >= 0.3 is 6.18 Å². The first-order chi connectivity index (χ1) is 21.6. The maximum Gasteiger partial charge on any atom is 0.416 e. The second kappa shape index (κ2) is 15.2. The standard InChI is InChI=1S/C33H33F3N6O2S/c1-3-26(39-31(43)16-28-18-38-22-42(28)19-24-10-8-23(17-37)9-11-24)21-41(20-25-6-4-5-7-30(25)33(34,35)36)32(45)40-27-12-14-29(44-2)15-13-27/h4-15,18,22,26H,3,16,19-21H2,1-2H3,(H,39,43)(H,40,45)/t26-/m0/s1. The van der Waals surface area contributed by atoms with E-state index in [9.17, 15) is 18.0 Å². The van der Waals surface area contributed by atoms with E-state index in [0.717, 1.165) is 11.6 Å². The number of ether oxygens (including phenoxy) is 1. The molecule has 0 aliphatic carbocycles. The first kappa shape index (κ1) is 33.0. The molecule has 4 aromatic rings. The molecule has 0 fully saturated rings. The van der Waals surface area contributed by atoms with E-state index < -0.39 is 17.8 Å². The largest absolute Gasteiger partial charge is 0.497 e. The van der Waals surface area contributed by atoms with Gasteiger partial charge in [0.1, 0.15) is 5.75 Å². The Labute approximate surface area is 265 Å². The van der Waals surface area contributed by atoms with Gasteiger partial charge in [-0.05, 0) is 72.2 Å². The van der Waals surface area contributed by atoms with Crippen LogP contribution in [0.2, 0.25) is 0 Å². The van der Waals surface area contributed by atoms with Gasteiger partial charge in [-0.25, -0.2) is 4.98 Å². The monoisotopic (exact) mass is 634 g/mol. The predicted octanol–water partition coefficient (Wildman–Crippen LogP) is 6.17. The summed E-state index contributed by atoms with van der Waals surface area (Å²) >= 11 is 5.68. The van der Waals surface area contributed by atoms with Crippen LogP contribution in [0, 0.1) is 11.3 Å². The number of amides is 1. The van der Waals surface area contributed by atoms with Crippen LogP contribution in [-0.2, 0) is 30.5 Å². The van der Waals surface area contributed by atoms with E-state index in [1.807, 2.05) is 23.6 Å². The zero-order chi connectivity index (χ0) is 32.4.